The first-order valence-electron chi connectivity index (χ1n) is 7.48. The largest absolute Gasteiger partial charge is 0.481 e. The van der Waals surface area contributed by atoms with Gasteiger partial charge in [-0.1, -0.05) is 35.3 Å². The van der Waals surface area contributed by atoms with Crippen molar-refractivity contribution in [2.24, 2.45) is 0 Å². The molecule has 0 bridgehead atoms. The van der Waals surface area contributed by atoms with E-state index < -0.39 is 16.0 Å². The Bertz CT molecular complexity index is 884. The molecule has 2 aromatic rings. The molecule has 0 fully saturated rings. The molecule has 0 radical (unpaired) electrons. The minimum absolute atomic E-state index is 0.0148. The van der Waals surface area contributed by atoms with Crippen molar-refractivity contribution in [2.45, 2.75) is 24.7 Å². The second-order valence-corrected chi connectivity index (χ2v) is 8.16. The molecule has 134 valence electrons. The summed E-state index contributed by atoms with van der Waals surface area (Å²) in [5, 5.41) is 9.14. The summed E-state index contributed by atoms with van der Waals surface area (Å²) in [5.74, 6) is -0.984. The van der Waals surface area contributed by atoms with E-state index in [4.69, 9.17) is 28.3 Å². The quantitative estimate of drug-likeness (QED) is 0.747. The lowest BCUT2D eigenvalue weighted by Gasteiger charge is -2.25. The first-order valence-corrected chi connectivity index (χ1v) is 9.67. The summed E-state index contributed by atoms with van der Waals surface area (Å²) < 4.78 is 27.4. The number of anilines is 1. The maximum absolute atomic E-state index is 13.1. The van der Waals surface area contributed by atoms with Crippen LogP contribution >= 0.6 is 23.2 Å². The number of aryl methyl sites for hydroxylation is 1. The summed E-state index contributed by atoms with van der Waals surface area (Å²) in [7, 11) is -4.00. The third-order valence-corrected chi connectivity index (χ3v) is 6.05. The van der Waals surface area contributed by atoms with Crippen LogP contribution in [0.3, 0.4) is 0 Å². The number of aliphatic carboxylic acids is 1. The van der Waals surface area contributed by atoms with Gasteiger partial charge in [0.1, 0.15) is 4.90 Å². The van der Waals surface area contributed by atoms with E-state index in [0.717, 1.165) is 5.56 Å². The summed E-state index contributed by atoms with van der Waals surface area (Å²) in [6.45, 7) is 1.86. The Morgan fingerprint density at radius 1 is 1.16 bits per heavy atom. The minimum atomic E-state index is -4.00. The van der Waals surface area contributed by atoms with Gasteiger partial charge < -0.3 is 5.11 Å². The van der Waals surface area contributed by atoms with E-state index in [1.807, 2.05) is 13.0 Å². The lowest BCUT2D eigenvalue weighted by Crippen LogP contribution is -2.32. The van der Waals surface area contributed by atoms with Crippen LogP contribution in [0.1, 0.15) is 18.4 Å². The number of sulfonamides is 1. The van der Waals surface area contributed by atoms with E-state index in [1.165, 1.54) is 22.5 Å². The van der Waals surface area contributed by atoms with Gasteiger partial charge in [-0.15, -0.1) is 0 Å². The molecule has 2 aromatic carbocycles. The van der Waals surface area contributed by atoms with Gasteiger partial charge in [0, 0.05) is 18.0 Å². The molecule has 1 N–H and O–H groups in total. The lowest BCUT2D eigenvalue weighted by molar-refractivity contribution is -0.137. The van der Waals surface area contributed by atoms with Gasteiger partial charge in [0.25, 0.3) is 10.0 Å². The Morgan fingerprint density at radius 2 is 1.88 bits per heavy atom. The highest BCUT2D eigenvalue weighted by molar-refractivity contribution is 7.93. The average molecular weight is 402 g/mol. The molecule has 0 saturated carbocycles. The number of carbonyl (C=O) groups is 1. The van der Waals surface area contributed by atoms with Crippen molar-refractivity contribution in [1.29, 1.82) is 0 Å². The lowest BCUT2D eigenvalue weighted by atomic mass is 10.2. The molecule has 0 amide bonds. The molecule has 0 aliphatic heterocycles. The van der Waals surface area contributed by atoms with Gasteiger partial charge in [-0.3, -0.25) is 9.10 Å². The van der Waals surface area contributed by atoms with Crippen LogP contribution < -0.4 is 4.31 Å². The number of hydrogen-bond acceptors (Lipinski definition) is 3. The van der Waals surface area contributed by atoms with Crippen LogP contribution in [0.2, 0.25) is 10.0 Å². The Hall–Kier alpha value is -1.76. The van der Waals surface area contributed by atoms with Gasteiger partial charge in [-0.2, -0.15) is 0 Å². The van der Waals surface area contributed by atoms with Gasteiger partial charge in [-0.05, 0) is 49.2 Å². The zero-order valence-corrected chi connectivity index (χ0v) is 15.8. The molecule has 0 aliphatic carbocycles. The summed E-state index contributed by atoms with van der Waals surface area (Å²) in [6, 6.07) is 11.2. The Kier molecular flexibility index (Phi) is 6.32. The number of rotatable bonds is 7. The standard InChI is InChI=1S/C17H17Cl2NO4S/c1-12-4-2-5-14(10-12)20(9-3-6-17(21)22)25(23,24)16-11-13(18)7-8-15(16)19/h2,4-5,7-8,10-11H,3,6,9H2,1H3,(H,21,22). The fraction of sp³-hybridized carbons (Fsp3) is 0.235. The van der Waals surface area contributed by atoms with Gasteiger partial charge in [0.15, 0.2) is 0 Å². The number of carboxylic acids is 1. The highest BCUT2D eigenvalue weighted by atomic mass is 35.5. The molecule has 0 heterocycles. The van der Waals surface area contributed by atoms with Crippen LogP contribution in [0.4, 0.5) is 5.69 Å². The normalized spacial score (nSPS) is 11.3. The zero-order valence-electron chi connectivity index (χ0n) is 13.4. The summed E-state index contributed by atoms with van der Waals surface area (Å²) >= 11 is 12.0. The molecule has 0 saturated heterocycles. The van der Waals surface area contributed by atoms with Crippen molar-refractivity contribution in [3.05, 3.63) is 58.1 Å². The Morgan fingerprint density at radius 3 is 2.52 bits per heavy atom. The van der Waals surface area contributed by atoms with Crippen molar-refractivity contribution < 1.29 is 18.3 Å². The molecular weight excluding hydrogens is 385 g/mol. The molecule has 0 aliphatic rings. The predicted octanol–water partition coefficient (Wildman–Crippen LogP) is 4.36. The van der Waals surface area contributed by atoms with E-state index in [0.29, 0.717) is 5.69 Å². The number of benzene rings is 2. The van der Waals surface area contributed by atoms with Crippen molar-refractivity contribution in [1.82, 2.24) is 0 Å². The third kappa shape index (κ3) is 4.87. The molecule has 0 atom stereocenters. The third-order valence-electron chi connectivity index (χ3n) is 3.50. The second kappa shape index (κ2) is 8.08. The van der Waals surface area contributed by atoms with Gasteiger partial charge in [0.2, 0.25) is 0 Å². The highest BCUT2D eigenvalue weighted by Crippen LogP contribution is 2.31. The number of nitrogens with zero attached hydrogens (tertiary/aromatic N) is 1. The molecule has 5 nitrogen and oxygen atoms in total. The van der Waals surface area contributed by atoms with Crippen molar-refractivity contribution in [3.63, 3.8) is 0 Å². The van der Waals surface area contributed by atoms with Gasteiger partial charge in [-0.25, -0.2) is 8.42 Å². The first kappa shape index (κ1) is 19.6. The SMILES string of the molecule is Cc1cccc(N(CCCC(=O)O)S(=O)(=O)c2cc(Cl)ccc2Cl)c1. The van der Waals surface area contributed by atoms with Crippen LogP contribution in [-0.2, 0) is 14.8 Å². The van der Waals surface area contributed by atoms with E-state index >= 15 is 0 Å². The first-order chi connectivity index (χ1) is 11.7. The maximum Gasteiger partial charge on any atom is 0.303 e. The number of hydrogen-bond donors (Lipinski definition) is 1. The van der Waals surface area contributed by atoms with Crippen LogP contribution in [0.25, 0.3) is 0 Å². The molecule has 8 heteroatoms. The number of halogens is 2. The highest BCUT2D eigenvalue weighted by Gasteiger charge is 2.27. The van der Waals surface area contributed by atoms with Crippen LogP contribution in [0.5, 0.6) is 0 Å². The van der Waals surface area contributed by atoms with Crippen LogP contribution in [0, 0.1) is 6.92 Å². The summed E-state index contributed by atoms with van der Waals surface area (Å²) in [6.07, 6.45) is 0.0296. The van der Waals surface area contributed by atoms with Crippen molar-refractivity contribution in [3.8, 4) is 0 Å². The predicted molar refractivity (Wildman–Crippen MR) is 99.0 cm³/mol. The molecule has 0 aromatic heterocycles. The second-order valence-electron chi connectivity index (χ2n) is 5.49. The average Bonchev–Trinajstić information content (AvgIpc) is 2.53. The van der Waals surface area contributed by atoms with Crippen LogP contribution in [0.15, 0.2) is 47.4 Å². The smallest absolute Gasteiger partial charge is 0.303 e. The van der Waals surface area contributed by atoms with E-state index in [2.05, 4.69) is 0 Å². The molecule has 2 rings (SSSR count). The van der Waals surface area contributed by atoms with Crippen molar-refractivity contribution >= 4 is 44.9 Å². The monoisotopic (exact) mass is 401 g/mol. The molecular formula is C17H17Cl2NO4S. The topological polar surface area (TPSA) is 74.7 Å². The minimum Gasteiger partial charge on any atom is -0.481 e. The Labute approximate surface area is 156 Å². The maximum atomic E-state index is 13.1. The summed E-state index contributed by atoms with van der Waals surface area (Å²) in [4.78, 5) is 10.7. The van der Waals surface area contributed by atoms with E-state index in [-0.39, 0.29) is 34.3 Å². The Balaban J connectivity index is 2.49. The van der Waals surface area contributed by atoms with Gasteiger partial charge >= 0.3 is 5.97 Å². The summed E-state index contributed by atoms with van der Waals surface area (Å²) in [5.41, 5.74) is 1.33. The fourth-order valence-corrected chi connectivity index (χ4v) is 4.57. The fourth-order valence-electron chi connectivity index (χ4n) is 2.34. The number of carboxylic acid groups (broad SMARTS) is 1. The molecule has 25 heavy (non-hydrogen) atoms. The molecule has 0 spiro atoms. The van der Waals surface area contributed by atoms with Crippen molar-refractivity contribution in [2.75, 3.05) is 10.8 Å². The van der Waals surface area contributed by atoms with E-state index in [1.54, 1.807) is 18.2 Å². The zero-order chi connectivity index (χ0) is 18.6. The van der Waals surface area contributed by atoms with E-state index in [9.17, 15) is 13.2 Å². The van der Waals surface area contributed by atoms with Crippen LogP contribution in [-0.4, -0.2) is 26.0 Å². The molecule has 0 unspecified atom stereocenters. The van der Waals surface area contributed by atoms with Gasteiger partial charge in [0.05, 0.1) is 10.7 Å².